The Morgan fingerprint density at radius 1 is 1.41 bits per heavy atom. The average molecular weight is 327 g/mol. The number of sulfone groups is 1. The smallest absolute Gasteiger partial charge is 0.337 e. The maximum Gasteiger partial charge on any atom is 0.337 e. The minimum atomic E-state index is -3.70. The highest BCUT2D eigenvalue weighted by Crippen LogP contribution is 2.41. The van der Waals surface area contributed by atoms with Crippen LogP contribution in [-0.2, 0) is 9.84 Å². The highest BCUT2D eigenvalue weighted by Gasteiger charge is 2.32. The number of benzene rings is 1. The summed E-state index contributed by atoms with van der Waals surface area (Å²) >= 11 is 0. The fraction of sp³-hybridized carbons (Fsp3) is 0.462. The molecule has 0 saturated carbocycles. The molecule has 1 heterocycles. The van der Waals surface area contributed by atoms with E-state index in [9.17, 15) is 18.5 Å². The Bertz CT molecular complexity index is 868. The Hall–Kier alpha value is -2.16. The number of hydrogen-bond acceptors (Lipinski definition) is 6. The second kappa shape index (κ2) is 5.24. The molecule has 9 heteroatoms. The Morgan fingerprint density at radius 2 is 2.00 bits per heavy atom. The Morgan fingerprint density at radius 3 is 2.41 bits per heavy atom. The molecule has 2 aromatic rings. The number of aromatic nitrogens is 2. The summed E-state index contributed by atoms with van der Waals surface area (Å²) in [5.41, 5.74) is 0.149. The molecule has 2 rings (SSSR count). The van der Waals surface area contributed by atoms with Gasteiger partial charge in [0.2, 0.25) is 5.75 Å². The summed E-state index contributed by atoms with van der Waals surface area (Å²) in [6, 6.07) is 1.25. The van der Waals surface area contributed by atoms with E-state index in [0.717, 1.165) is 6.26 Å². The lowest BCUT2D eigenvalue weighted by molar-refractivity contribution is -0.384. The van der Waals surface area contributed by atoms with Crippen molar-refractivity contribution < 1.29 is 18.1 Å². The highest BCUT2D eigenvalue weighted by atomic mass is 32.2. The van der Waals surface area contributed by atoms with Crippen molar-refractivity contribution in [1.29, 1.82) is 0 Å². The summed E-state index contributed by atoms with van der Waals surface area (Å²) < 4.78 is 30.6. The molecule has 0 aliphatic carbocycles. The summed E-state index contributed by atoms with van der Waals surface area (Å²) in [5.74, 6) is 0.308. The van der Waals surface area contributed by atoms with Crippen LogP contribution in [0.15, 0.2) is 11.0 Å². The first-order valence-corrected chi connectivity index (χ1v) is 8.42. The molecule has 0 N–H and O–H groups in total. The fourth-order valence-electron chi connectivity index (χ4n) is 2.59. The van der Waals surface area contributed by atoms with Crippen molar-refractivity contribution in [3.63, 3.8) is 0 Å². The van der Waals surface area contributed by atoms with E-state index in [1.807, 2.05) is 13.8 Å². The minimum absolute atomic E-state index is 0.0718. The van der Waals surface area contributed by atoms with E-state index < -0.39 is 14.8 Å². The molecule has 0 amide bonds. The van der Waals surface area contributed by atoms with Crippen LogP contribution in [0.5, 0.6) is 5.75 Å². The van der Waals surface area contributed by atoms with Gasteiger partial charge >= 0.3 is 5.69 Å². The first-order valence-electron chi connectivity index (χ1n) is 6.53. The van der Waals surface area contributed by atoms with Gasteiger partial charge in [0.05, 0.1) is 17.5 Å². The van der Waals surface area contributed by atoms with E-state index in [1.165, 1.54) is 13.2 Å². The number of nitrogens with zero attached hydrogens (tertiary/aromatic N) is 3. The lowest BCUT2D eigenvalue weighted by Crippen LogP contribution is -2.08. The van der Waals surface area contributed by atoms with Gasteiger partial charge in [-0.2, -0.15) is 0 Å². The first-order chi connectivity index (χ1) is 10.1. The second-order valence-corrected chi connectivity index (χ2v) is 7.26. The quantitative estimate of drug-likeness (QED) is 0.630. The van der Waals surface area contributed by atoms with Crippen LogP contribution >= 0.6 is 0 Å². The zero-order valence-corrected chi connectivity index (χ0v) is 13.8. The van der Waals surface area contributed by atoms with Crippen LogP contribution in [0.4, 0.5) is 5.69 Å². The van der Waals surface area contributed by atoms with E-state index in [1.54, 1.807) is 11.5 Å². The molecule has 0 saturated heterocycles. The van der Waals surface area contributed by atoms with Crippen LogP contribution in [0.1, 0.15) is 25.7 Å². The van der Waals surface area contributed by atoms with Gasteiger partial charge in [0.15, 0.2) is 15.4 Å². The zero-order chi connectivity index (χ0) is 16.8. The van der Waals surface area contributed by atoms with Crippen molar-refractivity contribution in [2.24, 2.45) is 0 Å². The van der Waals surface area contributed by atoms with E-state index in [4.69, 9.17) is 4.74 Å². The highest BCUT2D eigenvalue weighted by molar-refractivity contribution is 7.90. The van der Waals surface area contributed by atoms with Gasteiger partial charge in [-0.3, -0.25) is 10.1 Å². The predicted octanol–water partition coefficient (Wildman–Crippen LogP) is 2.25. The standard InChI is InChI=1S/C13H17N3O5S/c1-7(2)15-8(3)14-9-6-10(22(5,19)20)13(21-4)12(11(9)15)16(17)18/h6-7H,1-5H3. The Labute approximate surface area is 127 Å². The lowest BCUT2D eigenvalue weighted by atomic mass is 10.2. The normalized spacial score (nSPS) is 12.1. The number of methoxy groups -OCH3 is 1. The van der Waals surface area contributed by atoms with E-state index in [0.29, 0.717) is 5.82 Å². The third kappa shape index (κ3) is 2.41. The van der Waals surface area contributed by atoms with E-state index in [2.05, 4.69) is 4.98 Å². The molecule has 0 bridgehead atoms. The zero-order valence-electron chi connectivity index (χ0n) is 12.9. The molecule has 8 nitrogen and oxygen atoms in total. The number of ether oxygens (including phenoxy) is 1. The average Bonchev–Trinajstić information content (AvgIpc) is 2.70. The first kappa shape index (κ1) is 16.2. The molecule has 1 aromatic carbocycles. The maximum absolute atomic E-state index is 11.9. The van der Waals surface area contributed by atoms with Gasteiger partial charge in [-0.05, 0) is 26.8 Å². The van der Waals surface area contributed by atoms with Gasteiger partial charge in [0, 0.05) is 12.3 Å². The van der Waals surface area contributed by atoms with Gasteiger partial charge < -0.3 is 9.30 Å². The van der Waals surface area contributed by atoms with Crippen LogP contribution in [0.2, 0.25) is 0 Å². The third-order valence-electron chi connectivity index (χ3n) is 3.35. The third-order valence-corrected chi connectivity index (χ3v) is 4.45. The molecule has 0 aliphatic rings. The van der Waals surface area contributed by atoms with Crippen molar-refractivity contribution in [3.8, 4) is 5.75 Å². The second-order valence-electron chi connectivity index (χ2n) is 5.28. The number of rotatable bonds is 4. The van der Waals surface area contributed by atoms with Gasteiger partial charge in [-0.15, -0.1) is 0 Å². The van der Waals surface area contributed by atoms with Crippen molar-refractivity contribution >= 4 is 26.6 Å². The maximum atomic E-state index is 11.9. The van der Waals surface area contributed by atoms with Gasteiger partial charge in [0.1, 0.15) is 10.7 Å². The summed E-state index contributed by atoms with van der Waals surface area (Å²) in [6.45, 7) is 5.46. The lowest BCUT2D eigenvalue weighted by Gasteiger charge is -2.13. The molecule has 0 fully saturated rings. The van der Waals surface area contributed by atoms with E-state index in [-0.39, 0.29) is 33.4 Å². The monoisotopic (exact) mass is 327 g/mol. The molecular weight excluding hydrogens is 310 g/mol. The van der Waals surface area contributed by atoms with Crippen LogP contribution < -0.4 is 4.74 Å². The Kier molecular flexibility index (Phi) is 3.86. The largest absolute Gasteiger partial charge is 0.489 e. The molecule has 0 atom stereocenters. The molecule has 120 valence electrons. The summed E-state index contributed by atoms with van der Waals surface area (Å²) in [7, 11) is -2.48. The summed E-state index contributed by atoms with van der Waals surface area (Å²) in [6.07, 6.45) is 0.979. The van der Waals surface area contributed by atoms with Crippen LogP contribution in [0.3, 0.4) is 0 Å². The van der Waals surface area contributed by atoms with Crippen molar-refractivity contribution in [2.75, 3.05) is 13.4 Å². The topological polar surface area (TPSA) is 104 Å². The van der Waals surface area contributed by atoms with Gasteiger partial charge in [0.25, 0.3) is 0 Å². The van der Waals surface area contributed by atoms with Crippen LogP contribution in [0.25, 0.3) is 11.0 Å². The Balaban J connectivity index is 3.12. The molecular formula is C13H17N3O5S. The van der Waals surface area contributed by atoms with E-state index >= 15 is 0 Å². The summed E-state index contributed by atoms with van der Waals surface area (Å²) in [4.78, 5) is 15.0. The predicted molar refractivity (Wildman–Crippen MR) is 81.2 cm³/mol. The molecule has 0 spiro atoms. The summed E-state index contributed by atoms with van der Waals surface area (Å²) in [5, 5.41) is 11.5. The van der Waals surface area contributed by atoms with Gasteiger partial charge in [-0.25, -0.2) is 13.4 Å². The molecule has 0 radical (unpaired) electrons. The minimum Gasteiger partial charge on any atom is -0.489 e. The van der Waals surface area contributed by atoms with Crippen LogP contribution in [0, 0.1) is 17.0 Å². The number of hydrogen-bond donors (Lipinski definition) is 0. The number of nitro benzene ring substituents is 1. The van der Waals surface area contributed by atoms with Crippen LogP contribution in [-0.4, -0.2) is 36.3 Å². The number of fused-ring (bicyclic) bond motifs is 1. The fourth-order valence-corrected chi connectivity index (χ4v) is 3.43. The number of nitro groups is 1. The van der Waals surface area contributed by atoms with Gasteiger partial charge in [-0.1, -0.05) is 0 Å². The molecule has 0 aliphatic heterocycles. The molecule has 1 aromatic heterocycles. The molecule has 0 unspecified atom stereocenters. The molecule has 22 heavy (non-hydrogen) atoms. The van der Waals surface area contributed by atoms with Crippen molar-refractivity contribution in [2.45, 2.75) is 31.7 Å². The number of aryl methyl sites for hydroxylation is 1. The number of imidazole rings is 1. The van der Waals surface area contributed by atoms with Crippen molar-refractivity contribution in [1.82, 2.24) is 9.55 Å². The van der Waals surface area contributed by atoms with Crippen molar-refractivity contribution in [3.05, 3.63) is 22.0 Å². The SMILES string of the molecule is COc1c(S(C)(=O)=O)cc2nc(C)n(C(C)C)c2c1[N+](=O)[O-].